The molecule has 0 aliphatic heterocycles. The van der Waals surface area contributed by atoms with Gasteiger partial charge in [-0.3, -0.25) is 4.18 Å². The molecule has 0 unspecified atom stereocenters. The summed E-state index contributed by atoms with van der Waals surface area (Å²) in [6.45, 7) is 2.95. The van der Waals surface area contributed by atoms with E-state index in [-0.39, 0.29) is 11.2 Å². The number of hydrogen-bond donors (Lipinski definition) is 0. The summed E-state index contributed by atoms with van der Waals surface area (Å²) in [7, 11) is 0.566. The zero-order valence-corrected chi connectivity index (χ0v) is 9.93. The molecule has 0 rings (SSSR count). The second kappa shape index (κ2) is 8.16. The molecule has 0 aromatic carbocycles. The maximum Gasteiger partial charge on any atom is 0.267 e. The van der Waals surface area contributed by atoms with Crippen molar-refractivity contribution in [2.45, 2.75) is 19.8 Å². The first-order valence-electron chi connectivity index (χ1n) is 4.50. The van der Waals surface area contributed by atoms with Gasteiger partial charge in [0.15, 0.2) is 0 Å². The fourth-order valence-electron chi connectivity index (χ4n) is 0.827. The summed E-state index contributed by atoms with van der Waals surface area (Å²) in [4.78, 5) is 1.95. The molecule has 6 heteroatoms. The Hall–Kier alpha value is -0.170. The minimum Gasteiger partial charge on any atom is -0.412 e. The zero-order valence-electron chi connectivity index (χ0n) is 9.12. The van der Waals surface area contributed by atoms with Gasteiger partial charge in [0.1, 0.15) is 0 Å². The Labute approximate surface area is 86.5 Å². The number of hydrogen-bond acceptors (Lipinski definition) is 4. The first-order valence-corrected chi connectivity index (χ1v) is 6.07. The van der Waals surface area contributed by atoms with E-state index in [9.17, 15) is 8.42 Å². The Kier molecular flexibility index (Phi) is 9.49. The van der Waals surface area contributed by atoms with E-state index in [1.54, 1.807) is 0 Å². The van der Waals surface area contributed by atoms with E-state index in [0.29, 0.717) is 13.0 Å². The smallest absolute Gasteiger partial charge is 0.267 e. The highest BCUT2D eigenvalue weighted by Crippen LogP contribution is 1.98. The van der Waals surface area contributed by atoms with Crippen molar-refractivity contribution in [1.82, 2.24) is 4.90 Å². The molecule has 0 aliphatic carbocycles. The third-order valence-corrected chi connectivity index (χ3v) is 2.78. The second-order valence-electron chi connectivity index (χ2n) is 3.24. The minimum atomic E-state index is -3.27. The molecule has 0 bridgehead atoms. The summed E-state index contributed by atoms with van der Waals surface area (Å²) in [5.41, 5.74) is 0. The minimum absolute atomic E-state index is 0. The van der Waals surface area contributed by atoms with Crippen molar-refractivity contribution in [2.24, 2.45) is 0 Å². The van der Waals surface area contributed by atoms with E-state index in [1.165, 1.54) is 0 Å². The van der Waals surface area contributed by atoms with Crippen LogP contribution >= 0.6 is 0 Å². The van der Waals surface area contributed by atoms with Crippen LogP contribution in [0, 0.1) is 0 Å². The van der Waals surface area contributed by atoms with Gasteiger partial charge in [-0.15, -0.1) is 0 Å². The van der Waals surface area contributed by atoms with Crippen LogP contribution in [0.5, 0.6) is 0 Å². The molecule has 0 saturated heterocycles. The molecular formula is C8H21NO4S. The Morgan fingerprint density at radius 3 is 2.29 bits per heavy atom. The van der Waals surface area contributed by atoms with Crippen LogP contribution in [0.3, 0.4) is 0 Å². The maximum absolute atomic E-state index is 11.1. The molecule has 0 atom stereocenters. The Balaban J connectivity index is 0. The van der Waals surface area contributed by atoms with Crippen molar-refractivity contribution in [2.75, 3.05) is 33.0 Å². The summed E-state index contributed by atoms with van der Waals surface area (Å²) >= 11 is 0. The standard InChI is InChI=1S/C8H19NO3S.H2O/c1-4-7-12-13(10,11)8-5-6-9(2)3;/h4-8H2,1-3H3;1H2. The molecule has 88 valence electrons. The van der Waals surface area contributed by atoms with Gasteiger partial charge >= 0.3 is 0 Å². The van der Waals surface area contributed by atoms with Gasteiger partial charge in [0.2, 0.25) is 0 Å². The largest absolute Gasteiger partial charge is 0.412 e. The highest BCUT2D eigenvalue weighted by atomic mass is 32.2. The lowest BCUT2D eigenvalue weighted by Crippen LogP contribution is -2.18. The summed E-state index contributed by atoms with van der Waals surface area (Å²) < 4.78 is 27.0. The van der Waals surface area contributed by atoms with E-state index in [2.05, 4.69) is 0 Å². The maximum atomic E-state index is 11.1. The van der Waals surface area contributed by atoms with E-state index < -0.39 is 10.1 Å². The lowest BCUT2D eigenvalue weighted by molar-refractivity contribution is 0.315. The van der Waals surface area contributed by atoms with Gasteiger partial charge < -0.3 is 10.4 Å². The highest BCUT2D eigenvalue weighted by Gasteiger charge is 2.09. The van der Waals surface area contributed by atoms with E-state index >= 15 is 0 Å². The fourth-order valence-corrected chi connectivity index (χ4v) is 1.85. The summed E-state index contributed by atoms with van der Waals surface area (Å²) in [6, 6.07) is 0. The van der Waals surface area contributed by atoms with Gasteiger partial charge in [-0.1, -0.05) is 6.92 Å². The van der Waals surface area contributed by atoms with Gasteiger partial charge in [0.25, 0.3) is 10.1 Å². The number of rotatable bonds is 7. The molecule has 0 aliphatic rings. The van der Waals surface area contributed by atoms with E-state index in [1.807, 2.05) is 25.9 Å². The Morgan fingerprint density at radius 2 is 1.86 bits per heavy atom. The monoisotopic (exact) mass is 227 g/mol. The number of nitrogens with zero attached hydrogens (tertiary/aromatic N) is 1. The molecule has 0 heterocycles. The zero-order chi connectivity index (χ0) is 10.3. The summed E-state index contributed by atoms with van der Waals surface area (Å²) in [5, 5.41) is 0. The molecule has 5 nitrogen and oxygen atoms in total. The SMILES string of the molecule is CCCOS(=O)(=O)CCCN(C)C.O. The molecule has 0 aromatic heterocycles. The van der Waals surface area contributed by atoms with Crippen LogP contribution in [0.15, 0.2) is 0 Å². The molecular weight excluding hydrogens is 206 g/mol. The lowest BCUT2D eigenvalue weighted by Gasteiger charge is -2.09. The van der Waals surface area contributed by atoms with Crippen molar-refractivity contribution < 1.29 is 18.1 Å². The highest BCUT2D eigenvalue weighted by molar-refractivity contribution is 7.86. The van der Waals surface area contributed by atoms with Crippen LogP contribution in [-0.2, 0) is 14.3 Å². The van der Waals surface area contributed by atoms with Crippen LogP contribution in [0.4, 0.5) is 0 Å². The van der Waals surface area contributed by atoms with Gasteiger partial charge in [0, 0.05) is 0 Å². The predicted octanol–water partition coefficient (Wildman–Crippen LogP) is -0.130. The molecule has 0 spiro atoms. The van der Waals surface area contributed by atoms with Crippen molar-refractivity contribution in [1.29, 1.82) is 0 Å². The van der Waals surface area contributed by atoms with Crippen LogP contribution in [-0.4, -0.2) is 51.8 Å². The lowest BCUT2D eigenvalue weighted by atomic mass is 10.5. The third-order valence-electron chi connectivity index (χ3n) is 1.47. The van der Waals surface area contributed by atoms with E-state index in [4.69, 9.17) is 4.18 Å². The van der Waals surface area contributed by atoms with Gasteiger partial charge in [0.05, 0.1) is 12.4 Å². The molecule has 0 radical (unpaired) electrons. The van der Waals surface area contributed by atoms with Crippen molar-refractivity contribution in [3.8, 4) is 0 Å². The van der Waals surface area contributed by atoms with Crippen molar-refractivity contribution >= 4 is 10.1 Å². The third kappa shape index (κ3) is 9.91. The molecule has 0 saturated carbocycles. The Bertz CT molecular complexity index is 213. The predicted molar refractivity (Wildman–Crippen MR) is 56.8 cm³/mol. The Morgan fingerprint density at radius 1 is 1.29 bits per heavy atom. The molecule has 2 N–H and O–H groups in total. The van der Waals surface area contributed by atoms with Crippen molar-refractivity contribution in [3.63, 3.8) is 0 Å². The van der Waals surface area contributed by atoms with Crippen LogP contribution < -0.4 is 0 Å². The van der Waals surface area contributed by atoms with Gasteiger partial charge in [-0.05, 0) is 33.5 Å². The summed E-state index contributed by atoms with van der Waals surface area (Å²) in [6.07, 6.45) is 1.35. The van der Waals surface area contributed by atoms with Crippen LogP contribution in [0.2, 0.25) is 0 Å². The van der Waals surface area contributed by atoms with Crippen LogP contribution in [0.1, 0.15) is 19.8 Å². The topological polar surface area (TPSA) is 78.1 Å². The van der Waals surface area contributed by atoms with Gasteiger partial charge in [-0.25, -0.2) is 0 Å². The molecule has 0 aromatic rings. The second-order valence-corrected chi connectivity index (χ2v) is 5.00. The molecule has 0 fully saturated rings. The van der Waals surface area contributed by atoms with Crippen LogP contribution in [0.25, 0.3) is 0 Å². The average molecular weight is 227 g/mol. The van der Waals surface area contributed by atoms with Crippen molar-refractivity contribution in [3.05, 3.63) is 0 Å². The quantitative estimate of drug-likeness (QED) is 0.568. The molecule has 14 heavy (non-hydrogen) atoms. The normalized spacial score (nSPS) is 11.4. The first-order chi connectivity index (χ1) is 5.98. The average Bonchev–Trinajstić information content (AvgIpc) is 2.00. The molecule has 0 amide bonds. The fraction of sp³-hybridized carbons (Fsp3) is 1.00. The summed E-state index contributed by atoms with van der Waals surface area (Å²) in [5.74, 6) is 0.116. The van der Waals surface area contributed by atoms with E-state index in [0.717, 1.165) is 13.0 Å². The van der Waals surface area contributed by atoms with Gasteiger partial charge in [-0.2, -0.15) is 8.42 Å². The first kappa shape index (κ1) is 16.3.